The summed E-state index contributed by atoms with van der Waals surface area (Å²) in [6.07, 6.45) is 3.37. The highest BCUT2D eigenvalue weighted by molar-refractivity contribution is 5.78. The van der Waals surface area contributed by atoms with Crippen LogP contribution in [-0.2, 0) is 4.79 Å². The van der Waals surface area contributed by atoms with Gasteiger partial charge < -0.3 is 5.32 Å². The zero-order chi connectivity index (χ0) is 8.97. The number of nitrogens with zero attached hydrogens (tertiary/aromatic N) is 1. The Bertz CT molecular complexity index is 201. The highest BCUT2D eigenvalue weighted by Gasteiger charge is 2.28. The average Bonchev–Trinajstić information content (AvgIpc) is 1.96. The molecule has 0 spiro atoms. The summed E-state index contributed by atoms with van der Waals surface area (Å²) in [4.78, 5) is 10.9. The Morgan fingerprint density at radius 1 is 1.67 bits per heavy atom. The van der Waals surface area contributed by atoms with Crippen molar-refractivity contribution in [3.8, 4) is 6.07 Å². The molecule has 0 unspecified atom stereocenters. The van der Waals surface area contributed by atoms with E-state index in [9.17, 15) is 4.79 Å². The molecule has 1 rings (SSSR count). The Balaban J connectivity index is 2.11. The Morgan fingerprint density at radius 2 is 2.33 bits per heavy atom. The van der Waals surface area contributed by atoms with Gasteiger partial charge in [0.2, 0.25) is 5.91 Å². The minimum Gasteiger partial charge on any atom is -0.352 e. The summed E-state index contributed by atoms with van der Waals surface area (Å²) in [5.74, 6) is 0.662. The van der Waals surface area contributed by atoms with Gasteiger partial charge in [0.05, 0.1) is 6.07 Å². The lowest BCUT2D eigenvalue weighted by Gasteiger charge is -2.34. The summed E-state index contributed by atoms with van der Waals surface area (Å²) in [5.41, 5.74) is 0. The first kappa shape index (κ1) is 9.05. The molecule has 0 atom stereocenters. The number of nitrogens with one attached hydrogen (secondary N) is 1. The number of carbonyl (C=O) groups excluding carboxylic acids is 1. The largest absolute Gasteiger partial charge is 0.352 e. The van der Waals surface area contributed by atoms with Crippen molar-refractivity contribution in [2.24, 2.45) is 5.92 Å². The molecular formula is C9H14N2O. The molecule has 66 valence electrons. The molecule has 1 saturated carbocycles. The lowest BCUT2D eigenvalue weighted by atomic mass is 9.78. The normalized spacial score (nSPS) is 27.0. The summed E-state index contributed by atoms with van der Waals surface area (Å²) in [6.45, 7) is 2.16. The summed E-state index contributed by atoms with van der Waals surface area (Å²) in [6, 6.07) is 2.18. The fourth-order valence-corrected chi connectivity index (χ4v) is 1.54. The molecule has 0 aromatic carbocycles. The van der Waals surface area contributed by atoms with Crippen molar-refractivity contribution in [1.82, 2.24) is 5.32 Å². The van der Waals surface area contributed by atoms with E-state index in [4.69, 9.17) is 5.26 Å². The Kier molecular flexibility index (Phi) is 3.09. The Labute approximate surface area is 72.8 Å². The Hall–Kier alpha value is -1.04. The van der Waals surface area contributed by atoms with Gasteiger partial charge in [0.25, 0.3) is 0 Å². The number of hydrogen-bond donors (Lipinski definition) is 1. The monoisotopic (exact) mass is 166 g/mol. The van der Waals surface area contributed by atoms with Crippen molar-refractivity contribution in [3.05, 3.63) is 0 Å². The number of nitriles is 1. The molecule has 0 heterocycles. The first-order valence-electron chi connectivity index (χ1n) is 4.42. The van der Waals surface area contributed by atoms with Gasteiger partial charge in [0, 0.05) is 6.04 Å². The van der Waals surface area contributed by atoms with E-state index in [1.54, 1.807) is 0 Å². The molecule has 1 aliphatic rings. The summed E-state index contributed by atoms with van der Waals surface area (Å²) in [5, 5.41) is 11.0. The van der Waals surface area contributed by atoms with Crippen LogP contribution in [0, 0.1) is 17.2 Å². The van der Waals surface area contributed by atoms with Crippen LogP contribution in [-0.4, -0.2) is 11.9 Å². The molecule has 0 saturated heterocycles. The zero-order valence-electron chi connectivity index (χ0n) is 7.34. The number of hydrogen-bond acceptors (Lipinski definition) is 2. The molecule has 1 amide bonds. The van der Waals surface area contributed by atoms with E-state index in [2.05, 4.69) is 12.2 Å². The van der Waals surface area contributed by atoms with Crippen LogP contribution in [0.15, 0.2) is 0 Å². The van der Waals surface area contributed by atoms with Gasteiger partial charge >= 0.3 is 0 Å². The molecule has 0 radical (unpaired) electrons. The summed E-state index contributed by atoms with van der Waals surface area (Å²) >= 11 is 0. The fourth-order valence-electron chi connectivity index (χ4n) is 1.54. The summed E-state index contributed by atoms with van der Waals surface area (Å²) < 4.78 is 0. The maximum atomic E-state index is 10.9. The molecular weight excluding hydrogens is 152 g/mol. The molecule has 1 aliphatic carbocycles. The molecule has 0 aromatic heterocycles. The average molecular weight is 166 g/mol. The predicted octanol–water partition coefficient (Wildman–Crippen LogP) is 1.20. The lowest BCUT2D eigenvalue weighted by molar-refractivity contribution is -0.121. The second-order valence-corrected chi connectivity index (χ2v) is 3.35. The third-order valence-corrected chi connectivity index (χ3v) is 2.42. The van der Waals surface area contributed by atoms with Gasteiger partial charge in [-0.1, -0.05) is 13.3 Å². The third kappa shape index (κ3) is 2.23. The molecule has 0 aromatic rings. The van der Waals surface area contributed by atoms with Crippen molar-refractivity contribution in [2.75, 3.05) is 0 Å². The van der Waals surface area contributed by atoms with Crippen LogP contribution in [0.3, 0.4) is 0 Å². The van der Waals surface area contributed by atoms with E-state index in [0.29, 0.717) is 6.04 Å². The van der Waals surface area contributed by atoms with Gasteiger partial charge in [0.15, 0.2) is 0 Å². The van der Waals surface area contributed by atoms with Gasteiger partial charge in [-0.25, -0.2) is 0 Å². The minimum atomic E-state index is -0.128. The second kappa shape index (κ2) is 4.10. The molecule has 0 bridgehead atoms. The van der Waals surface area contributed by atoms with Crippen molar-refractivity contribution in [2.45, 2.75) is 38.6 Å². The van der Waals surface area contributed by atoms with E-state index < -0.39 is 0 Å². The highest BCUT2D eigenvalue weighted by Crippen LogP contribution is 2.29. The Morgan fingerprint density at radius 3 is 2.83 bits per heavy atom. The molecule has 1 N–H and O–H groups in total. The lowest BCUT2D eigenvalue weighted by Crippen LogP contribution is -2.43. The fraction of sp³-hybridized carbons (Fsp3) is 0.778. The molecule has 0 aliphatic heterocycles. The molecule has 3 nitrogen and oxygen atoms in total. The van der Waals surface area contributed by atoms with Crippen molar-refractivity contribution < 1.29 is 4.79 Å². The van der Waals surface area contributed by atoms with Gasteiger partial charge in [-0.2, -0.15) is 5.26 Å². The van der Waals surface area contributed by atoms with Gasteiger partial charge in [0.1, 0.15) is 6.42 Å². The molecule has 1 fully saturated rings. The second-order valence-electron chi connectivity index (χ2n) is 3.35. The predicted molar refractivity (Wildman–Crippen MR) is 45.2 cm³/mol. The van der Waals surface area contributed by atoms with Crippen molar-refractivity contribution in [1.29, 1.82) is 5.26 Å². The topological polar surface area (TPSA) is 52.9 Å². The quantitative estimate of drug-likeness (QED) is 0.685. The SMILES string of the molecule is CCC1CC(NC(=O)CC#N)C1. The van der Waals surface area contributed by atoms with Crippen LogP contribution in [0.5, 0.6) is 0 Å². The van der Waals surface area contributed by atoms with E-state index in [1.807, 2.05) is 6.07 Å². The van der Waals surface area contributed by atoms with Gasteiger partial charge in [-0.15, -0.1) is 0 Å². The summed E-state index contributed by atoms with van der Waals surface area (Å²) in [7, 11) is 0. The van der Waals surface area contributed by atoms with Crippen LogP contribution in [0.2, 0.25) is 0 Å². The minimum absolute atomic E-state index is 0.00666. The van der Waals surface area contributed by atoms with Gasteiger partial charge in [-0.3, -0.25) is 4.79 Å². The molecule has 12 heavy (non-hydrogen) atoms. The van der Waals surface area contributed by atoms with Crippen molar-refractivity contribution in [3.63, 3.8) is 0 Å². The number of carbonyl (C=O) groups is 1. The first-order chi connectivity index (χ1) is 5.76. The van der Waals surface area contributed by atoms with E-state index >= 15 is 0 Å². The smallest absolute Gasteiger partial charge is 0.234 e. The van der Waals surface area contributed by atoms with Crippen LogP contribution in [0.25, 0.3) is 0 Å². The van der Waals surface area contributed by atoms with Crippen LogP contribution in [0.1, 0.15) is 32.6 Å². The highest BCUT2D eigenvalue weighted by atomic mass is 16.1. The van der Waals surface area contributed by atoms with Crippen LogP contribution >= 0.6 is 0 Å². The van der Waals surface area contributed by atoms with Crippen LogP contribution in [0.4, 0.5) is 0 Å². The van der Waals surface area contributed by atoms with E-state index in [0.717, 1.165) is 18.8 Å². The van der Waals surface area contributed by atoms with Crippen LogP contribution < -0.4 is 5.32 Å². The van der Waals surface area contributed by atoms with Crippen molar-refractivity contribution >= 4 is 5.91 Å². The van der Waals surface area contributed by atoms with Gasteiger partial charge in [-0.05, 0) is 18.8 Å². The first-order valence-corrected chi connectivity index (χ1v) is 4.42. The number of rotatable bonds is 3. The van der Waals surface area contributed by atoms with E-state index in [-0.39, 0.29) is 12.3 Å². The molecule has 3 heteroatoms. The zero-order valence-corrected chi connectivity index (χ0v) is 7.34. The van der Waals surface area contributed by atoms with E-state index in [1.165, 1.54) is 6.42 Å². The standard InChI is InChI=1S/C9H14N2O/c1-2-7-5-8(6-7)11-9(12)3-4-10/h7-8H,2-3,5-6H2,1H3,(H,11,12). The maximum absolute atomic E-state index is 10.9. The maximum Gasteiger partial charge on any atom is 0.234 e. The number of amides is 1. The third-order valence-electron chi connectivity index (χ3n) is 2.42.